The molecule has 1 amide bonds. The summed E-state index contributed by atoms with van der Waals surface area (Å²) in [6, 6.07) is -0.0881. The van der Waals surface area contributed by atoms with Crippen molar-refractivity contribution in [3.05, 3.63) is 0 Å². The van der Waals surface area contributed by atoms with E-state index in [1.165, 1.54) is 0 Å². The van der Waals surface area contributed by atoms with Crippen LogP contribution in [0.3, 0.4) is 0 Å². The fourth-order valence-corrected chi connectivity index (χ4v) is 1.79. The summed E-state index contributed by atoms with van der Waals surface area (Å²) in [7, 11) is 1.58. The summed E-state index contributed by atoms with van der Waals surface area (Å²) in [5, 5.41) is 9.54. The van der Waals surface area contributed by atoms with Gasteiger partial charge >= 0.3 is 6.09 Å². The molecule has 16 heavy (non-hydrogen) atoms. The minimum atomic E-state index is -0.512. The SMILES string of the molecule is COC[C@@H]1C[C@H](O)CN1C(=O)OC(C)(C)C. The van der Waals surface area contributed by atoms with E-state index in [9.17, 15) is 9.90 Å². The highest BCUT2D eigenvalue weighted by Crippen LogP contribution is 2.21. The number of amides is 1. The molecule has 0 saturated carbocycles. The van der Waals surface area contributed by atoms with E-state index in [4.69, 9.17) is 9.47 Å². The van der Waals surface area contributed by atoms with Crippen molar-refractivity contribution >= 4 is 6.09 Å². The quantitative estimate of drug-likeness (QED) is 0.770. The average molecular weight is 231 g/mol. The Morgan fingerprint density at radius 3 is 2.62 bits per heavy atom. The number of likely N-dealkylation sites (tertiary alicyclic amines) is 1. The standard InChI is InChI=1S/C11H21NO4/c1-11(2,3)16-10(14)12-6-9(13)5-8(12)7-15-4/h8-9,13H,5-7H2,1-4H3/t8-,9-/m0/s1. The van der Waals surface area contributed by atoms with E-state index in [0.29, 0.717) is 19.6 Å². The normalized spacial score (nSPS) is 25.9. The summed E-state index contributed by atoms with van der Waals surface area (Å²) in [5.41, 5.74) is -0.512. The fraction of sp³-hybridized carbons (Fsp3) is 0.909. The molecule has 1 saturated heterocycles. The Labute approximate surface area is 96.3 Å². The van der Waals surface area contributed by atoms with Crippen LogP contribution in [0, 0.1) is 0 Å². The van der Waals surface area contributed by atoms with Crippen LogP contribution < -0.4 is 0 Å². The van der Waals surface area contributed by atoms with Crippen molar-refractivity contribution in [2.45, 2.75) is 44.9 Å². The molecule has 1 heterocycles. The number of nitrogens with zero attached hydrogens (tertiary/aromatic N) is 1. The van der Waals surface area contributed by atoms with Crippen molar-refractivity contribution in [2.75, 3.05) is 20.3 Å². The molecule has 0 aromatic heterocycles. The maximum absolute atomic E-state index is 11.8. The van der Waals surface area contributed by atoms with Crippen molar-refractivity contribution in [3.63, 3.8) is 0 Å². The second-order valence-electron chi connectivity index (χ2n) is 5.13. The summed E-state index contributed by atoms with van der Waals surface area (Å²) < 4.78 is 10.3. The Balaban J connectivity index is 2.59. The Morgan fingerprint density at radius 1 is 1.50 bits per heavy atom. The number of carbonyl (C=O) groups is 1. The Bertz CT molecular complexity index is 249. The topological polar surface area (TPSA) is 59.0 Å². The van der Waals surface area contributed by atoms with E-state index < -0.39 is 11.7 Å². The van der Waals surface area contributed by atoms with Crippen LogP contribution in [0.1, 0.15) is 27.2 Å². The van der Waals surface area contributed by atoms with Gasteiger partial charge in [-0.1, -0.05) is 0 Å². The number of carbonyl (C=O) groups excluding carboxylic acids is 1. The lowest BCUT2D eigenvalue weighted by Crippen LogP contribution is -2.41. The number of methoxy groups -OCH3 is 1. The molecule has 0 spiro atoms. The third-order valence-electron chi connectivity index (χ3n) is 2.38. The third kappa shape index (κ3) is 3.64. The van der Waals surface area contributed by atoms with Gasteiger partial charge in [0.15, 0.2) is 0 Å². The number of rotatable bonds is 2. The van der Waals surface area contributed by atoms with Crippen LogP contribution in [0.25, 0.3) is 0 Å². The van der Waals surface area contributed by atoms with Gasteiger partial charge in [-0.15, -0.1) is 0 Å². The van der Waals surface area contributed by atoms with Gasteiger partial charge in [0.25, 0.3) is 0 Å². The largest absolute Gasteiger partial charge is 0.444 e. The van der Waals surface area contributed by atoms with Crippen molar-refractivity contribution < 1.29 is 19.4 Å². The van der Waals surface area contributed by atoms with Crippen molar-refractivity contribution in [2.24, 2.45) is 0 Å². The van der Waals surface area contributed by atoms with E-state index in [1.807, 2.05) is 20.8 Å². The second kappa shape index (κ2) is 5.01. The van der Waals surface area contributed by atoms with Gasteiger partial charge in [-0.25, -0.2) is 4.79 Å². The first-order chi connectivity index (χ1) is 7.33. The zero-order valence-electron chi connectivity index (χ0n) is 10.4. The van der Waals surface area contributed by atoms with Crippen LogP contribution in [0.15, 0.2) is 0 Å². The molecule has 1 aliphatic rings. The zero-order valence-corrected chi connectivity index (χ0v) is 10.4. The lowest BCUT2D eigenvalue weighted by molar-refractivity contribution is 0.0137. The van der Waals surface area contributed by atoms with Gasteiger partial charge in [0.2, 0.25) is 0 Å². The first kappa shape index (κ1) is 13.3. The number of β-amino-alcohol motifs (C(OH)–C–C–N with tert-alkyl or cyclic N) is 1. The summed E-state index contributed by atoms with van der Waals surface area (Å²) >= 11 is 0. The van der Waals surface area contributed by atoms with Crippen LogP contribution in [-0.2, 0) is 9.47 Å². The summed E-state index contributed by atoms with van der Waals surface area (Å²) in [6.45, 7) is 6.22. The van der Waals surface area contributed by atoms with E-state index in [1.54, 1.807) is 12.0 Å². The van der Waals surface area contributed by atoms with Gasteiger partial charge in [0, 0.05) is 7.11 Å². The number of aliphatic hydroxyl groups excluding tert-OH is 1. The lowest BCUT2D eigenvalue weighted by Gasteiger charge is -2.28. The molecule has 0 radical (unpaired) electrons. The molecule has 0 aromatic carbocycles. The summed E-state index contributed by atoms with van der Waals surface area (Å²) in [5.74, 6) is 0. The molecule has 1 N–H and O–H groups in total. The maximum atomic E-state index is 11.8. The molecule has 1 fully saturated rings. The maximum Gasteiger partial charge on any atom is 0.410 e. The highest BCUT2D eigenvalue weighted by molar-refractivity contribution is 5.69. The smallest absolute Gasteiger partial charge is 0.410 e. The molecule has 5 heteroatoms. The monoisotopic (exact) mass is 231 g/mol. The summed E-state index contributed by atoms with van der Waals surface area (Å²) in [4.78, 5) is 13.4. The van der Waals surface area contributed by atoms with Crippen molar-refractivity contribution in [3.8, 4) is 0 Å². The van der Waals surface area contributed by atoms with E-state index >= 15 is 0 Å². The van der Waals surface area contributed by atoms with Gasteiger partial charge in [0.1, 0.15) is 5.60 Å². The van der Waals surface area contributed by atoms with Gasteiger partial charge in [0.05, 0.1) is 25.3 Å². The second-order valence-corrected chi connectivity index (χ2v) is 5.13. The predicted octanol–water partition coefficient (Wildman–Crippen LogP) is 1.00. The molecule has 0 unspecified atom stereocenters. The van der Waals surface area contributed by atoms with E-state index in [2.05, 4.69) is 0 Å². The minimum Gasteiger partial charge on any atom is -0.444 e. The Hall–Kier alpha value is -0.810. The zero-order chi connectivity index (χ0) is 12.3. The summed E-state index contributed by atoms with van der Waals surface area (Å²) in [6.07, 6.45) is -0.314. The molecule has 5 nitrogen and oxygen atoms in total. The number of ether oxygens (including phenoxy) is 2. The molecule has 0 bridgehead atoms. The number of hydrogen-bond acceptors (Lipinski definition) is 4. The molecular formula is C11H21NO4. The molecule has 1 rings (SSSR count). The van der Waals surface area contributed by atoms with Crippen LogP contribution in [-0.4, -0.2) is 54.1 Å². The highest BCUT2D eigenvalue weighted by Gasteiger charge is 2.36. The number of aliphatic hydroxyl groups is 1. The molecule has 0 aliphatic carbocycles. The molecule has 0 aromatic rings. The molecular weight excluding hydrogens is 210 g/mol. The molecule has 1 aliphatic heterocycles. The van der Waals surface area contributed by atoms with Crippen molar-refractivity contribution in [1.82, 2.24) is 4.90 Å². The van der Waals surface area contributed by atoms with Gasteiger partial charge in [-0.3, -0.25) is 0 Å². The molecule has 94 valence electrons. The lowest BCUT2D eigenvalue weighted by atomic mass is 10.2. The van der Waals surface area contributed by atoms with Crippen LogP contribution in [0.5, 0.6) is 0 Å². The average Bonchev–Trinajstić information content (AvgIpc) is 2.44. The van der Waals surface area contributed by atoms with Crippen LogP contribution >= 0.6 is 0 Å². The molecule has 2 atom stereocenters. The fourth-order valence-electron chi connectivity index (χ4n) is 1.79. The van der Waals surface area contributed by atoms with Gasteiger partial charge in [-0.05, 0) is 27.2 Å². The minimum absolute atomic E-state index is 0.0881. The van der Waals surface area contributed by atoms with E-state index in [-0.39, 0.29) is 12.1 Å². The van der Waals surface area contributed by atoms with Crippen LogP contribution in [0.4, 0.5) is 4.79 Å². The highest BCUT2D eigenvalue weighted by atomic mass is 16.6. The first-order valence-corrected chi connectivity index (χ1v) is 5.50. The Morgan fingerprint density at radius 2 is 2.12 bits per heavy atom. The predicted molar refractivity (Wildman–Crippen MR) is 59.2 cm³/mol. The number of hydrogen-bond donors (Lipinski definition) is 1. The third-order valence-corrected chi connectivity index (χ3v) is 2.38. The van der Waals surface area contributed by atoms with Gasteiger partial charge < -0.3 is 19.5 Å². The van der Waals surface area contributed by atoms with Gasteiger partial charge in [-0.2, -0.15) is 0 Å². The first-order valence-electron chi connectivity index (χ1n) is 5.50. The Kier molecular flexibility index (Phi) is 4.15. The van der Waals surface area contributed by atoms with Crippen LogP contribution in [0.2, 0.25) is 0 Å². The van der Waals surface area contributed by atoms with E-state index in [0.717, 1.165) is 0 Å². The van der Waals surface area contributed by atoms with Crippen molar-refractivity contribution in [1.29, 1.82) is 0 Å².